The van der Waals surface area contributed by atoms with Gasteiger partial charge in [-0.25, -0.2) is 14.6 Å². The Kier molecular flexibility index (Phi) is 13.0. The van der Waals surface area contributed by atoms with Crippen molar-refractivity contribution in [2.24, 2.45) is 11.8 Å². The Labute approximate surface area is 248 Å². The van der Waals surface area contributed by atoms with Crippen molar-refractivity contribution in [1.82, 2.24) is 25.4 Å². The van der Waals surface area contributed by atoms with E-state index in [1.54, 1.807) is 31.2 Å². The first kappa shape index (κ1) is 34.5. The van der Waals surface area contributed by atoms with E-state index in [2.05, 4.69) is 15.6 Å². The molecule has 1 aliphatic rings. The number of thiazole rings is 1. The summed E-state index contributed by atoms with van der Waals surface area (Å²) >= 11 is 1.20. The fourth-order valence-corrected chi connectivity index (χ4v) is 5.92. The summed E-state index contributed by atoms with van der Waals surface area (Å²) in [5, 5.41) is 7.74. The highest BCUT2D eigenvalue weighted by Gasteiger charge is 2.44. The van der Waals surface area contributed by atoms with Gasteiger partial charge in [-0.05, 0) is 59.0 Å². The zero-order chi connectivity index (χ0) is 30.9. The lowest BCUT2D eigenvalue weighted by Gasteiger charge is -2.38. The van der Waals surface area contributed by atoms with Crippen LogP contribution in [0.3, 0.4) is 0 Å². The molecule has 4 unspecified atom stereocenters. The molecule has 0 aromatic carbocycles. The van der Waals surface area contributed by atoms with Crippen molar-refractivity contribution in [3.05, 3.63) is 16.1 Å². The molecule has 1 aromatic rings. The number of rotatable bonds is 14. The molecule has 41 heavy (non-hydrogen) atoms. The molecule has 0 radical (unpaired) electrons. The number of ether oxygens (including phenoxy) is 2. The molecule has 1 saturated heterocycles. The van der Waals surface area contributed by atoms with E-state index >= 15 is 0 Å². The van der Waals surface area contributed by atoms with E-state index in [1.165, 1.54) is 11.3 Å². The van der Waals surface area contributed by atoms with Crippen LogP contribution in [0.2, 0.25) is 0 Å². The van der Waals surface area contributed by atoms with Crippen molar-refractivity contribution >= 4 is 35.2 Å². The van der Waals surface area contributed by atoms with Crippen LogP contribution < -0.4 is 10.6 Å². The molecule has 1 aromatic heterocycles. The summed E-state index contributed by atoms with van der Waals surface area (Å²) in [6.07, 6.45) is 1.22. The summed E-state index contributed by atoms with van der Waals surface area (Å²) in [4.78, 5) is 60.3. The Morgan fingerprint density at radius 1 is 1.20 bits per heavy atom. The number of aromatic nitrogens is 1. The van der Waals surface area contributed by atoms with Crippen molar-refractivity contribution in [2.45, 2.75) is 97.9 Å². The van der Waals surface area contributed by atoms with E-state index in [9.17, 15) is 19.2 Å². The monoisotopic (exact) mass is 595 g/mol. The van der Waals surface area contributed by atoms with Crippen LogP contribution in [0.1, 0.15) is 95.7 Å². The Hall–Kier alpha value is -2.73. The first-order valence-electron chi connectivity index (χ1n) is 14.7. The molecule has 232 valence electrons. The molecule has 0 spiro atoms. The number of nitrogens with zero attached hydrogens (tertiary/aromatic N) is 3. The minimum absolute atomic E-state index is 0.0134. The number of carbonyl (C=O) groups is 4. The second-order valence-electron chi connectivity index (χ2n) is 11.3. The zero-order valence-corrected chi connectivity index (χ0v) is 26.9. The van der Waals surface area contributed by atoms with Gasteiger partial charge in [-0.15, -0.1) is 11.3 Å². The predicted molar refractivity (Wildman–Crippen MR) is 159 cm³/mol. The van der Waals surface area contributed by atoms with Gasteiger partial charge >= 0.3 is 12.1 Å². The van der Waals surface area contributed by atoms with Crippen LogP contribution in [0, 0.1) is 11.8 Å². The number of carbonyl (C=O) groups excluding carboxylic acids is 4. The standard InChI is InChI=1S/C29H49N5O6S/c1-10-19(6)23(32-27(37)29(7)14-13-15-33(29)8)25(35)34(9)21(18(4)5)16-22(40-28(38)30-11-2)24-31-20(17-41-24)26(36)39-12-3/h17-19,21-23H,10-16H2,1-9H3,(H,30,38)(H,32,37)/t19?,21?,22?,23?,29-/m1/s1. The number of likely N-dealkylation sites (N-methyl/N-ethyl adjacent to an activating group) is 2. The molecule has 1 fully saturated rings. The van der Waals surface area contributed by atoms with Gasteiger partial charge in [0.25, 0.3) is 0 Å². The van der Waals surface area contributed by atoms with Gasteiger partial charge in [-0.3, -0.25) is 14.5 Å². The summed E-state index contributed by atoms with van der Waals surface area (Å²) in [6, 6.07) is -1.06. The second kappa shape index (κ2) is 15.5. The van der Waals surface area contributed by atoms with Crippen LogP contribution in [0.25, 0.3) is 0 Å². The van der Waals surface area contributed by atoms with Crippen LogP contribution in [-0.2, 0) is 19.1 Å². The van der Waals surface area contributed by atoms with E-state index in [-0.39, 0.29) is 48.4 Å². The third-order valence-electron chi connectivity index (χ3n) is 8.18. The average molecular weight is 596 g/mol. The third-order valence-corrected chi connectivity index (χ3v) is 9.11. The molecule has 1 aliphatic heterocycles. The van der Waals surface area contributed by atoms with E-state index in [0.717, 1.165) is 19.4 Å². The number of esters is 1. The van der Waals surface area contributed by atoms with Gasteiger partial charge in [-0.2, -0.15) is 0 Å². The van der Waals surface area contributed by atoms with E-state index in [0.29, 0.717) is 18.0 Å². The minimum Gasteiger partial charge on any atom is -0.461 e. The highest BCUT2D eigenvalue weighted by Crippen LogP contribution is 2.32. The minimum atomic E-state index is -0.805. The summed E-state index contributed by atoms with van der Waals surface area (Å²) in [5.41, 5.74) is -0.512. The maximum absolute atomic E-state index is 14.0. The molecule has 2 rings (SSSR count). The van der Waals surface area contributed by atoms with E-state index in [1.807, 2.05) is 46.6 Å². The van der Waals surface area contributed by atoms with Gasteiger partial charge in [0.15, 0.2) is 11.8 Å². The van der Waals surface area contributed by atoms with Crippen molar-refractivity contribution < 1.29 is 28.7 Å². The topological polar surface area (TPSA) is 130 Å². The third kappa shape index (κ3) is 8.64. The van der Waals surface area contributed by atoms with Gasteiger partial charge in [0.05, 0.1) is 12.1 Å². The lowest BCUT2D eigenvalue weighted by atomic mass is 9.91. The van der Waals surface area contributed by atoms with Gasteiger partial charge in [0, 0.05) is 31.4 Å². The SMILES string of the molecule is CCNC(=O)OC(CC(C(C)C)N(C)C(=O)C(NC(=O)[C@@]1(C)CCCN1C)C(C)CC)c1nc(C(=O)OCC)cs1. The molecule has 5 atom stereocenters. The van der Waals surface area contributed by atoms with Crippen LogP contribution in [0.5, 0.6) is 0 Å². The van der Waals surface area contributed by atoms with Gasteiger partial charge in [0.1, 0.15) is 11.0 Å². The smallest absolute Gasteiger partial charge is 0.407 e. The normalized spacial score (nSPS) is 20.1. The fourth-order valence-electron chi connectivity index (χ4n) is 5.09. The number of likely N-dealkylation sites (tertiary alicyclic amines) is 1. The van der Waals surface area contributed by atoms with Crippen molar-refractivity contribution in [3.63, 3.8) is 0 Å². The van der Waals surface area contributed by atoms with Crippen molar-refractivity contribution in [3.8, 4) is 0 Å². The van der Waals surface area contributed by atoms with Crippen LogP contribution >= 0.6 is 11.3 Å². The number of nitrogens with one attached hydrogen (secondary N) is 2. The molecular formula is C29H49N5O6S. The number of amides is 3. The molecule has 0 saturated carbocycles. The molecule has 2 N–H and O–H groups in total. The first-order valence-corrected chi connectivity index (χ1v) is 15.5. The Bertz CT molecular complexity index is 1050. The van der Waals surface area contributed by atoms with Crippen LogP contribution in [-0.4, -0.2) is 90.1 Å². The molecule has 0 aliphatic carbocycles. The summed E-state index contributed by atoms with van der Waals surface area (Å²) in [5.74, 6) is -0.990. The predicted octanol–water partition coefficient (Wildman–Crippen LogP) is 4.00. The highest BCUT2D eigenvalue weighted by molar-refractivity contribution is 7.09. The van der Waals surface area contributed by atoms with Crippen molar-refractivity contribution in [2.75, 3.05) is 33.8 Å². The van der Waals surface area contributed by atoms with E-state index < -0.39 is 29.7 Å². The maximum atomic E-state index is 14.0. The maximum Gasteiger partial charge on any atom is 0.407 e. The first-order chi connectivity index (χ1) is 19.3. The Balaban J connectivity index is 2.34. The zero-order valence-electron chi connectivity index (χ0n) is 26.1. The van der Waals surface area contributed by atoms with Gasteiger partial charge in [-0.1, -0.05) is 34.1 Å². The Morgan fingerprint density at radius 3 is 2.41 bits per heavy atom. The average Bonchev–Trinajstić information content (AvgIpc) is 3.56. The van der Waals surface area contributed by atoms with Gasteiger partial charge in [0.2, 0.25) is 11.8 Å². The molecule has 0 bridgehead atoms. The number of hydrogen-bond acceptors (Lipinski definition) is 9. The largest absolute Gasteiger partial charge is 0.461 e. The second-order valence-corrected chi connectivity index (χ2v) is 12.2. The van der Waals surface area contributed by atoms with Crippen LogP contribution in [0.4, 0.5) is 4.79 Å². The lowest BCUT2D eigenvalue weighted by Crippen LogP contribution is -2.60. The molecule has 12 heteroatoms. The Morgan fingerprint density at radius 2 is 1.88 bits per heavy atom. The summed E-state index contributed by atoms with van der Waals surface area (Å²) in [6.45, 7) is 14.8. The number of alkyl carbamates (subject to hydrolysis) is 1. The highest BCUT2D eigenvalue weighted by atomic mass is 32.1. The molecule has 3 amide bonds. The van der Waals surface area contributed by atoms with Crippen LogP contribution in [0.15, 0.2) is 5.38 Å². The van der Waals surface area contributed by atoms with Gasteiger partial charge < -0.3 is 25.0 Å². The summed E-state index contributed by atoms with van der Waals surface area (Å²) < 4.78 is 10.8. The number of hydrogen-bond donors (Lipinski definition) is 2. The lowest BCUT2D eigenvalue weighted by molar-refractivity contribution is -0.142. The quantitative estimate of drug-likeness (QED) is 0.309. The molecular weight excluding hydrogens is 546 g/mol. The fraction of sp³-hybridized carbons (Fsp3) is 0.759. The molecule has 11 nitrogen and oxygen atoms in total. The molecule has 2 heterocycles. The van der Waals surface area contributed by atoms with E-state index in [4.69, 9.17) is 9.47 Å². The summed E-state index contributed by atoms with van der Waals surface area (Å²) in [7, 11) is 3.67. The van der Waals surface area contributed by atoms with Crippen molar-refractivity contribution in [1.29, 1.82) is 0 Å².